The van der Waals surface area contributed by atoms with E-state index in [9.17, 15) is 0 Å². The molecule has 0 aliphatic carbocycles. The Kier molecular flexibility index (Phi) is 3.03. The van der Waals surface area contributed by atoms with Crippen molar-refractivity contribution in [3.8, 4) is 0 Å². The molecule has 0 saturated heterocycles. The van der Waals surface area contributed by atoms with Gasteiger partial charge in [-0.25, -0.2) is 0 Å². The second-order valence-electron chi connectivity index (χ2n) is 2.93. The Labute approximate surface area is 74.2 Å². The van der Waals surface area contributed by atoms with E-state index in [1.807, 2.05) is 0 Å². The number of benzene rings is 1. The number of aryl methyl sites for hydroxylation is 1. The summed E-state index contributed by atoms with van der Waals surface area (Å²) in [4.78, 5) is 4.35. The van der Waals surface area contributed by atoms with Crippen molar-refractivity contribution < 1.29 is 0 Å². The number of nitrogens with zero attached hydrogens (tertiary/aromatic N) is 1. The van der Waals surface area contributed by atoms with Gasteiger partial charge in [-0.15, -0.1) is 0 Å². The van der Waals surface area contributed by atoms with Gasteiger partial charge in [0.15, 0.2) is 0 Å². The summed E-state index contributed by atoms with van der Waals surface area (Å²) in [6, 6.07) is 8.43. The number of rotatable bonds is 2. The van der Waals surface area contributed by atoms with Crippen LogP contribution >= 0.6 is 0 Å². The minimum atomic E-state index is 0.861. The largest absolute Gasteiger partial charge is 0.290 e. The summed E-state index contributed by atoms with van der Waals surface area (Å²) in [6.45, 7) is 7.07. The molecule has 0 radical (unpaired) electrons. The SMILES string of the molecule is CC/N=C(/C)c1cccc(C)c1. The van der Waals surface area contributed by atoms with Crippen LogP contribution in [0.3, 0.4) is 0 Å². The molecule has 0 heterocycles. The third kappa shape index (κ3) is 2.19. The summed E-state index contributed by atoms with van der Waals surface area (Å²) < 4.78 is 0. The highest BCUT2D eigenvalue weighted by Gasteiger charge is 1.94. The lowest BCUT2D eigenvalue weighted by atomic mass is 10.1. The van der Waals surface area contributed by atoms with Crippen LogP contribution in [-0.4, -0.2) is 12.3 Å². The molecular weight excluding hydrogens is 146 g/mol. The van der Waals surface area contributed by atoms with E-state index in [4.69, 9.17) is 0 Å². The van der Waals surface area contributed by atoms with Crippen molar-refractivity contribution in [1.82, 2.24) is 0 Å². The standard InChI is InChI=1S/C11H15N/c1-4-12-10(3)11-7-5-6-9(2)8-11/h5-8H,4H2,1-3H3/b12-10-. The first-order valence-corrected chi connectivity index (χ1v) is 4.32. The summed E-state index contributed by atoms with van der Waals surface area (Å²) in [5.74, 6) is 0. The molecule has 0 aromatic heterocycles. The van der Waals surface area contributed by atoms with Crippen molar-refractivity contribution in [2.24, 2.45) is 4.99 Å². The van der Waals surface area contributed by atoms with Gasteiger partial charge in [0.1, 0.15) is 0 Å². The number of hydrogen-bond donors (Lipinski definition) is 0. The van der Waals surface area contributed by atoms with Crippen LogP contribution in [0, 0.1) is 6.92 Å². The maximum absolute atomic E-state index is 4.35. The van der Waals surface area contributed by atoms with Crippen LogP contribution in [0.15, 0.2) is 29.3 Å². The lowest BCUT2D eigenvalue weighted by Gasteiger charge is -2.00. The zero-order chi connectivity index (χ0) is 8.97. The van der Waals surface area contributed by atoms with Gasteiger partial charge in [-0.3, -0.25) is 4.99 Å². The highest BCUT2D eigenvalue weighted by atomic mass is 14.7. The summed E-state index contributed by atoms with van der Waals surface area (Å²) in [5, 5.41) is 0. The van der Waals surface area contributed by atoms with Crippen molar-refractivity contribution in [3.05, 3.63) is 35.4 Å². The number of hydrogen-bond acceptors (Lipinski definition) is 1. The molecule has 0 saturated carbocycles. The predicted octanol–water partition coefficient (Wildman–Crippen LogP) is 2.82. The molecule has 0 spiro atoms. The maximum Gasteiger partial charge on any atom is 0.0389 e. The Morgan fingerprint density at radius 1 is 1.42 bits per heavy atom. The smallest absolute Gasteiger partial charge is 0.0389 e. The molecule has 0 fully saturated rings. The van der Waals surface area contributed by atoms with Crippen molar-refractivity contribution >= 4 is 5.71 Å². The lowest BCUT2D eigenvalue weighted by molar-refractivity contribution is 1.12. The zero-order valence-electron chi connectivity index (χ0n) is 7.96. The summed E-state index contributed by atoms with van der Waals surface area (Å²) in [6.07, 6.45) is 0. The zero-order valence-corrected chi connectivity index (χ0v) is 7.96. The summed E-state index contributed by atoms with van der Waals surface area (Å²) in [7, 11) is 0. The fraction of sp³-hybridized carbons (Fsp3) is 0.364. The Hall–Kier alpha value is -1.11. The van der Waals surface area contributed by atoms with Gasteiger partial charge in [0, 0.05) is 12.3 Å². The van der Waals surface area contributed by atoms with Crippen molar-refractivity contribution in [1.29, 1.82) is 0 Å². The maximum atomic E-state index is 4.35. The van der Waals surface area contributed by atoms with Crippen molar-refractivity contribution in [2.45, 2.75) is 20.8 Å². The van der Waals surface area contributed by atoms with Gasteiger partial charge in [-0.2, -0.15) is 0 Å². The van der Waals surface area contributed by atoms with E-state index in [0.717, 1.165) is 12.3 Å². The minimum Gasteiger partial charge on any atom is -0.290 e. The molecule has 1 nitrogen and oxygen atoms in total. The molecule has 0 unspecified atom stereocenters. The van der Waals surface area contributed by atoms with E-state index in [0.29, 0.717) is 0 Å². The van der Waals surface area contributed by atoms with Crippen LogP contribution < -0.4 is 0 Å². The van der Waals surface area contributed by atoms with Gasteiger partial charge >= 0.3 is 0 Å². The molecule has 64 valence electrons. The van der Waals surface area contributed by atoms with Crippen LogP contribution in [0.1, 0.15) is 25.0 Å². The predicted molar refractivity (Wildman–Crippen MR) is 53.9 cm³/mol. The van der Waals surface area contributed by atoms with E-state index in [1.165, 1.54) is 11.1 Å². The molecule has 12 heavy (non-hydrogen) atoms. The third-order valence-electron chi connectivity index (χ3n) is 1.83. The summed E-state index contributed by atoms with van der Waals surface area (Å²) >= 11 is 0. The van der Waals surface area contributed by atoms with E-state index >= 15 is 0 Å². The molecule has 0 amide bonds. The Morgan fingerprint density at radius 3 is 2.75 bits per heavy atom. The van der Waals surface area contributed by atoms with Crippen LogP contribution in [0.4, 0.5) is 0 Å². The van der Waals surface area contributed by atoms with Gasteiger partial charge < -0.3 is 0 Å². The Morgan fingerprint density at radius 2 is 2.17 bits per heavy atom. The molecule has 0 aliphatic rings. The average Bonchev–Trinajstić information content (AvgIpc) is 2.05. The first kappa shape index (κ1) is 8.98. The molecular formula is C11H15N. The van der Waals surface area contributed by atoms with Gasteiger partial charge in [0.25, 0.3) is 0 Å². The van der Waals surface area contributed by atoms with E-state index < -0.39 is 0 Å². The molecule has 1 aromatic carbocycles. The lowest BCUT2D eigenvalue weighted by Crippen LogP contribution is -1.95. The molecule has 0 atom stereocenters. The molecule has 1 rings (SSSR count). The van der Waals surface area contributed by atoms with Gasteiger partial charge in [0.2, 0.25) is 0 Å². The van der Waals surface area contributed by atoms with Gasteiger partial charge in [0.05, 0.1) is 0 Å². The normalized spacial score (nSPS) is 11.8. The Balaban J connectivity index is 2.95. The van der Waals surface area contributed by atoms with E-state index in [2.05, 4.69) is 50.0 Å². The van der Waals surface area contributed by atoms with Crippen LogP contribution in [0.5, 0.6) is 0 Å². The second kappa shape index (κ2) is 4.05. The van der Waals surface area contributed by atoms with Crippen LogP contribution in [0.25, 0.3) is 0 Å². The fourth-order valence-corrected chi connectivity index (χ4v) is 1.20. The van der Waals surface area contributed by atoms with Crippen molar-refractivity contribution in [2.75, 3.05) is 6.54 Å². The topological polar surface area (TPSA) is 12.4 Å². The average molecular weight is 161 g/mol. The minimum absolute atomic E-state index is 0.861. The molecule has 0 bridgehead atoms. The fourth-order valence-electron chi connectivity index (χ4n) is 1.20. The number of aliphatic imine (C=N–C) groups is 1. The summed E-state index contributed by atoms with van der Waals surface area (Å²) in [5.41, 5.74) is 3.65. The molecule has 1 aromatic rings. The molecule has 1 heteroatoms. The molecule has 0 aliphatic heterocycles. The monoisotopic (exact) mass is 161 g/mol. The first-order chi connectivity index (χ1) is 5.74. The Bertz CT molecular complexity index is 287. The first-order valence-electron chi connectivity index (χ1n) is 4.32. The van der Waals surface area contributed by atoms with Crippen LogP contribution in [-0.2, 0) is 0 Å². The second-order valence-corrected chi connectivity index (χ2v) is 2.93. The van der Waals surface area contributed by atoms with Crippen LogP contribution in [0.2, 0.25) is 0 Å². The van der Waals surface area contributed by atoms with Crippen molar-refractivity contribution in [3.63, 3.8) is 0 Å². The molecule has 0 N–H and O–H groups in total. The van der Waals surface area contributed by atoms with Gasteiger partial charge in [-0.05, 0) is 26.3 Å². The van der Waals surface area contributed by atoms with E-state index in [1.54, 1.807) is 0 Å². The van der Waals surface area contributed by atoms with Gasteiger partial charge in [-0.1, -0.05) is 29.8 Å². The quantitative estimate of drug-likeness (QED) is 0.591. The highest BCUT2D eigenvalue weighted by Crippen LogP contribution is 2.05. The highest BCUT2D eigenvalue weighted by molar-refractivity contribution is 5.98. The third-order valence-corrected chi connectivity index (χ3v) is 1.83. The van der Waals surface area contributed by atoms with E-state index in [-0.39, 0.29) is 0 Å².